The van der Waals surface area contributed by atoms with Gasteiger partial charge in [-0.25, -0.2) is 10.9 Å². The van der Waals surface area contributed by atoms with Crippen LogP contribution in [0.25, 0.3) is 0 Å². The van der Waals surface area contributed by atoms with Crippen molar-refractivity contribution >= 4 is 30.6 Å². The zero-order valence-electron chi connectivity index (χ0n) is 16.9. The highest BCUT2D eigenvalue weighted by Crippen LogP contribution is 2.20. The van der Waals surface area contributed by atoms with Crippen molar-refractivity contribution in [3.05, 3.63) is 40.6 Å². The average Bonchev–Trinajstić information content (AvgIpc) is 2.70. The molecule has 10 nitrogen and oxygen atoms in total. The van der Waals surface area contributed by atoms with Crippen LogP contribution in [0.2, 0.25) is 5.02 Å². The molecule has 160 valence electrons. The Kier molecular flexibility index (Phi) is 10.8. The Balaban J connectivity index is 3.35. The summed E-state index contributed by atoms with van der Waals surface area (Å²) in [7, 11) is 4.93. The Labute approximate surface area is 175 Å². The van der Waals surface area contributed by atoms with Crippen molar-refractivity contribution in [1.29, 1.82) is 0 Å². The monoisotopic (exact) mass is 426 g/mol. The number of hydrogen-bond donors (Lipinski definition) is 1. The van der Waals surface area contributed by atoms with Gasteiger partial charge < -0.3 is 19.4 Å². The SMILES string of the molecule is C=N/C(=C(/C(=O)N(C=O)CCCON)N(COC)Cc1ccc(Cl)cn1)N(C)C. The second kappa shape index (κ2) is 12.8. The van der Waals surface area contributed by atoms with E-state index >= 15 is 0 Å². The van der Waals surface area contributed by atoms with Crippen molar-refractivity contribution in [1.82, 2.24) is 19.7 Å². The molecular formula is C18H27ClN6O4. The Morgan fingerprint density at radius 2 is 2.14 bits per heavy atom. The summed E-state index contributed by atoms with van der Waals surface area (Å²) in [5.41, 5.74) is 0.789. The summed E-state index contributed by atoms with van der Waals surface area (Å²) in [5, 5.41) is 0.495. The van der Waals surface area contributed by atoms with Crippen molar-refractivity contribution in [2.24, 2.45) is 10.9 Å². The maximum atomic E-state index is 13.2. The van der Waals surface area contributed by atoms with Gasteiger partial charge in [0.1, 0.15) is 12.4 Å². The number of nitrogens with zero attached hydrogens (tertiary/aromatic N) is 5. The van der Waals surface area contributed by atoms with E-state index in [1.54, 1.807) is 36.0 Å². The molecular weight excluding hydrogens is 400 g/mol. The molecule has 0 saturated heterocycles. The quantitative estimate of drug-likeness (QED) is 0.123. The Morgan fingerprint density at radius 3 is 2.62 bits per heavy atom. The van der Waals surface area contributed by atoms with Crippen LogP contribution in [0.4, 0.5) is 0 Å². The number of hydrogen-bond acceptors (Lipinski definition) is 9. The standard InChI is InChI=1S/C18H27ClN6O4/c1-21-17(23(2)3)16(18(27)24(12-26)8-5-9-29-20)25(13-28-4)11-15-7-6-14(19)10-22-15/h6-7,10,12H,1,5,8-9,11,13,20H2,2-4H3/b17-16+. The summed E-state index contributed by atoms with van der Waals surface area (Å²) in [4.78, 5) is 41.9. The number of carbonyl (C=O) groups is 2. The molecule has 1 aromatic heterocycles. The molecule has 0 aliphatic carbocycles. The number of aliphatic imine (C=N–C) groups is 1. The van der Waals surface area contributed by atoms with Crippen LogP contribution >= 0.6 is 11.6 Å². The highest BCUT2D eigenvalue weighted by atomic mass is 35.5. The predicted octanol–water partition coefficient (Wildman–Crippen LogP) is 0.838. The van der Waals surface area contributed by atoms with Crippen LogP contribution in [-0.4, -0.2) is 79.8 Å². The molecule has 29 heavy (non-hydrogen) atoms. The fourth-order valence-electron chi connectivity index (χ4n) is 2.50. The van der Waals surface area contributed by atoms with Gasteiger partial charge >= 0.3 is 0 Å². The maximum absolute atomic E-state index is 13.2. The summed E-state index contributed by atoms with van der Waals surface area (Å²) < 4.78 is 5.28. The van der Waals surface area contributed by atoms with Crippen LogP contribution in [0.15, 0.2) is 34.8 Å². The lowest BCUT2D eigenvalue weighted by Gasteiger charge is -2.30. The van der Waals surface area contributed by atoms with Crippen molar-refractivity contribution in [3.8, 4) is 0 Å². The highest BCUT2D eigenvalue weighted by Gasteiger charge is 2.28. The summed E-state index contributed by atoms with van der Waals surface area (Å²) >= 11 is 5.90. The van der Waals surface area contributed by atoms with Crippen molar-refractivity contribution in [2.45, 2.75) is 13.0 Å². The molecule has 0 aliphatic rings. The van der Waals surface area contributed by atoms with Crippen LogP contribution in [-0.2, 0) is 25.7 Å². The molecule has 0 radical (unpaired) electrons. The van der Waals surface area contributed by atoms with Crippen LogP contribution in [0.5, 0.6) is 0 Å². The second-order valence-electron chi connectivity index (χ2n) is 6.14. The number of amides is 2. The predicted molar refractivity (Wildman–Crippen MR) is 109 cm³/mol. The molecule has 0 aliphatic heterocycles. The topological polar surface area (TPSA) is 114 Å². The lowest BCUT2D eigenvalue weighted by Crippen LogP contribution is -2.41. The summed E-state index contributed by atoms with van der Waals surface area (Å²) in [5.74, 6) is 4.74. The third-order valence-corrected chi connectivity index (χ3v) is 4.00. The Hall–Kier alpha value is -2.53. The molecule has 0 unspecified atom stereocenters. The third-order valence-electron chi connectivity index (χ3n) is 3.78. The normalized spacial score (nSPS) is 11.5. The van der Waals surface area contributed by atoms with Crippen LogP contribution in [0, 0.1) is 0 Å². The van der Waals surface area contributed by atoms with Gasteiger partial charge in [0.05, 0.1) is 23.9 Å². The Morgan fingerprint density at radius 1 is 1.41 bits per heavy atom. The number of imide groups is 1. The van der Waals surface area contributed by atoms with Gasteiger partial charge in [-0.15, -0.1) is 0 Å². The van der Waals surface area contributed by atoms with Gasteiger partial charge in [0.15, 0.2) is 5.82 Å². The van der Waals surface area contributed by atoms with E-state index in [0.29, 0.717) is 23.5 Å². The number of nitrogens with two attached hydrogens (primary N) is 1. The first-order chi connectivity index (χ1) is 13.9. The summed E-state index contributed by atoms with van der Waals surface area (Å²) in [6, 6.07) is 3.43. The van der Waals surface area contributed by atoms with Crippen molar-refractivity contribution < 1.29 is 19.2 Å². The van der Waals surface area contributed by atoms with E-state index < -0.39 is 5.91 Å². The molecule has 2 amide bonds. The number of aromatic nitrogens is 1. The number of halogens is 1. The van der Waals surface area contributed by atoms with E-state index in [1.807, 2.05) is 0 Å². The van der Waals surface area contributed by atoms with Crippen molar-refractivity contribution in [3.63, 3.8) is 0 Å². The van der Waals surface area contributed by atoms with Gasteiger partial charge in [0.2, 0.25) is 6.41 Å². The molecule has 0 bridgehead atoms. The Bertz CT molecular complexity index is 711. The van der Waals surface area contributed by atoms with E-state index in [-0.39, 0.29) is 37.9 Å². The summed E-state index contributed by atoms with van der Waals surface area (Å²) in [6.07, 6.45) is 2.35. The third kappa shape index (κ3) is 7.42. The van der Waals surface area contributed by atoms with Crippen molar-refractivity contribution in [2.75, 3.05) is 41.1 Å². The van der Waals surface area contributed by atoms with Gasteiger partial charge in [0.25, 0.3) is 5.91 Å². The number of ether oxygens (including phenoxy) is 1. The minimum Gasteiger partial charge on any atom is -0.364 e. The molecule has 0 atom stereocenters. The lowest BCUT2D eigenvalue weighted by atomic mass is 10.2. The molecule has 1 rings (SSSR count). The zero-order chi connectivity index (χ0) is 21.8. The fourth-order valence-corrected chi connectivity index (χ4v) is 2.61. The van der Waals surface area contributed by atoms with Gasteiger partial charge in [-0.2, -0.15) is 0 Å². The van der Waals surface area contributed by atoms with E-state index in [4.69, 9.17) is 22.2 Å². The highest BCUT2D eigenvalue weighted by molar-refractivity contribution is 6.30. The van der Waals surface area contributed by atoms with E-state index in [1.165, 1.54) is 13.3 Å². The van der Waals surface area contributed by atoms with Crippen LogP contribution < -0.4 is 5.90 Å². The van der Waals surface area contributed by atoms with E-state index in [9.17, 15) is 9.59 Å². The number of pyridine rings is 1. The van der Waals surface area contributed by atoms with Gasteiger partial charge in [-0.3, -0.25) is 19.5 Å². The molecule has 0 spiro atoms. The second-order valence-corrected chi connectivity index (χ2v) is 6.57. The first kappa shape index (κ1) is 24.5. The molecule has 1 aromatic rings. The fraction of sp³-hybridized carbons (Fsp3) is 0.444. The van der Waals surface area contributed by atoms with E-state index in [2.05, 4.69) is 21.5 Å². The van der Waals surface area contributed by atoms with Gasteiger partial charge in [-0.05, 0) is 25.3 Å². The number of carbonyl (C=O) groups excluding carboxylic acids is 2. The van der Waals surface area contributed by atoms with Crippen LogP contribution in [0.1, 0.15) is 12.1 Å². The molecule has 0 saturated carbocycles. The first-order valence-corrected chi connectivity index (χ1v) is 9.07. The molecule has 11 heteroatoms. The first-order valence-electron chi connectivity index (χ1n) is 8.70. The minimum atomic E-state index is -0.556. The number of methoxy groups -OCH3 is 1. The van der Waals surface area contributed by atoms with Gasteiger partial charge in [0, 0.05) is 33.9 Å². The largest absolute Gasteiger partial charge is 0.364 e. The zero-order valence-corrected chi connectivity index (χ0v) is 17.6. The minimum absolute atomic E-state index is 0.0524. The van der Waals surface area contributed by atoms with Crippen LogP contribution in [0.3, 0.4) is 0 Å². The number of rotatable bonds is 13. The molecule has 0 fully saturated rings. The average molecular weight is 427 g/mol. The molecule has 0 aromatic carbocycles. The molecule has 1 heterocycles. The van der Waals surface area contributed by atoms with E-state index in [0.717, 1.165) is 4.90 Å². The molecule has 2 N–H and O–H groups in total. The lowest BCUT2D eigenvalue weighted by molar-refractivity contribution is -0.137. The summed E-state index contributed by atoms with van der Waals surface area (Å²) in [6.45, 7) is 4.16. The maximum Gasteiger partial charge on any atom is 0.280 e. The van der Waals surface area contributed by atoms with Gasteiger partial charge in [-0.1, -0.05) is 11.6 Å². The smallest absolute Gasteiger partial charge is 0.280 e.